The summed E-state index contributed by atoms with van der Waals surface area (Å²) in [4.78, 5) is 4.09. The van der Waals surface area contributed by atoms with Crippen LogP contribution >= 0.6 is 0 Å². The summed E-state index contributed by atoms with van der Waals surface area (Å²) in [6, 6.07) is 8.18. The fraction of sp³-hybridized carbons (Fsp3) is 0.500. The van der Waals surface area contributed by atoms with Crippen molar-refractivity contribution < 1.29 is 4.74 Å². The normalized spacial score (nSPS) is 16.0. The molecule has 0 aromatic heterocycles. The second kappa shape index (κ2) is 6.28. The zero-order valence-electron chi connectivity index (χ0n) is 11.1. The average Bonchev–Trinajstić information content (AvgIpc) is 2.36. The first-order valence-electron chi connectivity index (χ1n) is 6.46. The van der Waals surface area contributed by atoms with Crippen LogP contribution in [0.15, 0.2) is 29.3 Å². The predicted octanol–water partition coefficient (Wildman–Crippen LogP) is 1.91. The van der Waals surface area contributed by atoms with Crippen LogP contribution in [0.4, 0.5) is 0 Å². The van der Waals surface area contributed by atoms with Crippen molar-refractivity contribution in [3.05, 3.63) is 29.8 Å². The third kappa shape index (κ3) is 3.15. The predicted molar refractivity (Wildman–Crippen MR) is 74.0 cm³/mol. The Morgan fingerprint density at radius 2 is 2.17 bits per heavy atom. The summed E-state index contributed by atoms with van der Waals surface area (Å²) in [6.07, 6.45) is 4.06. The molecule has 0 radical (unpaired) electrons. The lowest BCUT2D eigenvalue weighted by Crippen LogP contribution is -2.34. The highest BCUT2D eigenvalue weighted by molar-refractivity contribution is 5.79. The molecule has 0 saturated heterocycles. The van der Waals surface area contributed by atoms with Gasteiger partial charge in [-0.2, -0.15) is 0 Å². The molecule has 0 spiro atoms. The van der Waals surface area contributed by atoms with Gasteiger partial charge in [-0.05, 0) is 25.3 Å². The number of para-hydroxylation sites is 1. The summed E-state index contributed by atoms with van der Waals surface area (Å²) in [5.41, 5.74) is 1.17. The minimum Gasteiger partial charge on any atom is -0.490 e. The molecule has 18 heavy (non-hydrogen) atoms. The van der Waals surface area contributed by atoms with E-state index in [1.54, 1.807) is 7.05 Å². The van der Waals surface area contributed by atoms with Crippen LogP contribution in [0.3, 0.4) is 0 Å². The van der Waals surface area contributed by atoms with Crippen molar-refractivity contribution in [2.75, 3.05) is 14.1 Å². The highest BCUT2D eigenvalue weighted by Gasteiger charge is 2.20. The molecular formula is C14H21N3O. The van der Waals surface area contributed by atoms with Gasteiger partial charge in [-0.3, -0.25) is 4.99 Å². The number of ether oxygens (including phenoxy) is 1. The molecule has 1 aromatic rings. The molecule has 2 N–H and O–H groups in total. The smallest absolute Gasteiger partial charge is 0.190 e. The van der Waals surface area contributed by atoms with E-state index in [-0.39, 0.29) is 0 Å². The molecule has 0 heterocycles. The lowest BCUT2D eigenvalue weighted by Gasteiger charge is -2.27. The zero-order valence-corrected chi connectivity index (χ0v) is 11.1. The summed E-state index contributed by atoms with van der Waals surface area (Å²) >= 11 is 0. The molecule has 1 fully saturated rings. The van der Waals surface area contributed by atoms with Crippen LogP contribution < -0.4 is 15.4 Å². The molecule has 0 unspecified atom stereocenters. The van der Waals surface area contributed by atoms with Gasteiger partial charge < -0.3 is 15.4 Å². The SMILES string of the molecule is CN=C(NC)NCc1ccccc1OC1CCC1. The summed E-state index contributed by atoms with van der Waals surface area (Å²) < 4.78 is 5.98. The highest BCUT2D eigenvalue weighted by atomic mass is 16.5. The molecule has 0 bridgehead atoms. The Kier molecular flexibility index (Phi) is 4.45. The Bertz CT molecular complexity index is 413. The monoisotopic (exact) mass is 247 g/mol. The summed E-state index contributed by atoms with van der Waals surface area (Å²) in [5.74, 6) is 1.77. The molecule has 98 valence electrons. The Morgan fingerprint density at radius 3 is 2.78 bits per heavy atom. The molecule has 1 saturated carbocycles. The van der Waals surface area contributed by atoms with E-state index in [4.69, 9.17) is 4.74 Å². The largest absolute Gasteiger partial charge is 0.490 e. The third-order valence-corrected chi connectivity index (χ3v) is 3.23. The highest BCUT2D eigenvalue weighted by Crippen LogP contribution is 2.27. The van der Waals surface area contributed by atoms with Crippen molar-refractivity contribution >= 4 is 5.96 Å². The first-order valence-corrected chi connectivity index (χ1v) is 6.46. The zero-order chi connectivity index (χ0) is 12.8. The lowest BCUT2D eigenvalue weighted by molar-refractivity contribution is 0.119. The number of hydrogen-bond donors (Lipinski definition) is 2. The minimum atomic E-state index is 0.412. The number of aliphatic imine (C=N–C) groups is 1. The van der Waals surface area contributed by atoms with Gasteiger partial charge in [0.2, 0.25) is 0 Å². The van der Waals surface area contributed by atoms with E-state index in [1.165, 1.54) is 24.8 Å². The number of nitrogens with one attached hydrogen (secondary N) is 2. The molecule has 0 amide bonds. The number of hydrogen-bond acceptors (Lipinski definition) is 2. The first kappa shape index (κ1) is 12.7. The standard InChI is InChI=1S/C14H21N3O/c1-15-14(16-2)17-10-11-6-3-4-9-13(11)18-12-7-5-8-12/h3-4,6,9,12H,5,7-8,10H2,1-2H3,(H2,15,16,17). The molecule has 1 aliphatic carbocycles. The topological polar surface area (TPSA) is 45.7 Å². The molecular weight excluding hydrogens is 226 g/mol. The van der Waals surface area contributed by atoms with Gasteiger partial charge in [0.05, 0.1) is 6.10 Å². The Hall–Kier alpha value is -1.71. The number of rotatable bonds is 4. The van der Waals surface area contributed by atoms with E-state index < -0.39 is 0 Å². The quantitative estimate of drug-likeness (QED) is 0.631. The van der Waals surface area contributed by atoms with Crippen LogP contribution in [-0.2, 0) is 6.54 Å². The number of guanidine groups is 1. The summed E-state index contributed by atoms with van der Waals surface area (Å²) in [5, 5.41) is 6.25. The van der Waals surface area contributed by atoms with Crippen LogP contribution in [0.5, 0.6) is 5.75 Å². The van der Waals surface area contributed by atoms with Crippen LogP contribution in [-0.4, -0.2) is 26.2 Å². The Labute approximate surface area is 108 Å². The number of nitrogens with zero attached hydrogens (tertiary/aromatic N) is 1. The van der Waals surface area contributed by atoms with Gasteiger partial charge in [0.15, 0.2) is 5.96 Å². The van der Waals surface area contributed by atoms with E-state index in [0.717, 1.165) is 18.3 Å². The Balaban J connectivity index is 1.97. The fourth-order valence-corrected chi connectivity index (χ4v) is 1.89. The summed E-state index contributed by atoms with van der Waals surface area (Å²) in [6.45, 7) is 0.719. The van der Waals surface area contributed by atoms with Crippen LogP contribution in [0.25, 0.3) is 0 Å². The second-order valence-corrected chi connectivity index (χ2v) is 4.45. The van der Waals surface area contributed by atoms with Crippen LogP contribution in [0, 0.1) is 0 Å². The molecule has 1 aliphatic rings. The summed E-state index contributed by atoms with van der Waals surface area (Å²) in [7, 11) is 3.61. The van der Waals surface area contributed by atoms with Gasteiger partial charge in [-0.25, -0.2) is 0 Å². The van der Waals surface area contributed by atoms with Crippen molar-refractivity contribution in [3.8, 4) is 5.75 Å². The molecule has 1 aromatic carbocycles. The fourth-order valence-electron chi connectivity index (χ4n) is 1.89. The van der Waals surface area contributed by atoms with E-state index in [2.05, 4.69) is 21.7 Å². The van der Waals surface area contributed by atoms with Gasteiger partial charge in [0.25, 0.3) is 0 Å². The maximum Gasteiger partial charge on any atom is 0.190 e. The van der Waals surface area contributed by atoms with Crippen molar-refractivity contribution in [3.63, 3.8) is 0 Å². The van der Waals surface area contributed by atoms with Crippen molar-refractivity contribution in [2.24, 2.45) is 4.99 Å². The van der Waals surface area contributed by atoms with Gasteiger partial charge in [0, 0.05) is 26.2 Å². The molecule has 4 heteroatoms. The number of benzene rings is 1. The average molecular weight is 247 g/mol. The van der Waals surface area contributed by atoms with E-state index in [9.17, 15) is 0 Å². The van der Waals surface area contributed by atoms with Gasteiger partial charge in [-0.1, -0.05) is 18.2 Å². The van der Waals surface area contributed by atoms with E-state index in [1.807, 2.05) is 25.2 Å². The molecule has 0 aliphatic heterocycles. The van der Waals surface area contributed by atoms with Crippen LogP contribution in [0.2, 0.25) is 0 Å². The maximum absolute atomic E-state index is 5.98. The van der Waals surface area contributed by atoms with E-state index in [0.29, 0.717) is 6.10 Å². The molecule has 0 atom stereocenters. The first-order chi connectivity index (χ1) is 8.83. The Morgan fingerprint density at radius 1 is 1.39 bits per heavy atom. The molecule has 2 rings (SSSR count). The van der Waals surface area contributed by atoms with Gasteiger partial charge in [-0.15, -0.1) is 0 Å². The van der Waals surface area contributed by atoms with Crippen LogP contribution in [0.1, 0.15) is 24.8 Å². The van der Waals surface area contributed by atoms with Crippen molar-refractivity contribution in [2.45, 2.75) is 31.9 Å². The van der Waals surface area contributed by atoms with Gasteiger partial charge in [0.1, 0.15) is 5.75 Å². The second-order valence-electron chi connectivity index (χ2n) is 4.45. The van der Waals surface area contributed by atoms with Crippen molar-refractivity contribution in [1.29, 1.82) is 0 Å². The maximum atomic E-state index is 5.98. The third-order valence-electron chi connectivity index (χ3n) is 3.23. The van der Waals surface area contributed by atoms with Crippen molar-refractivity contribution in [1.82, 2.24) is 10.6 Å². The lowest BCUT2D eigenvalue weighted by atomic mass is 9.96. The minimum absolute atomic E-state index is 0.412. The molecule has 4 nitrogen and oxygen atoms in total. The van der Waals surface area contributed by atoms with Gasteiger partial charge >= 0.3 is 0 Å². The van der Waals surface area contributed by atoms with E-state index >= 15 is 0 Å².